The third-order valence-corrected chi connectivity index (χ3v) is 4.69. The second-order valence-corrected chi connectivity index (χ2v) is 6.39. The van der Waals surface area contributed by atoms with E-state index in [9.17, 15) is 9.59 Å². The highest BCUT2D eigenvalue weighted by Gasteiger charge is 2.18. The molecule has 4 aromatic rings. The van der Waals surface area contributed by atoms with Crippen LogP contribution in [0.5, 0.6) is 0 Å². The first kappa shape index (κ1) is 17.5. The summed E-state index contributed by atoms with van der Waals surface area (Å²) in [6.07, 6.45) is 3.52. The van der Waals surface area contributed by atoms with Gasteiger partial charge in [-0.3, -0.25) is 14.3 Å². The van der Waals surface area contributed by atoms with E-state index >= 15 is 0 Å². The molecule has 0 radical (unpaired) electrons. The van der Waals surface area contributed by atoms with Gasteiger partial charge in [0.1, 0.15) is 5.69 Å². The summed E-state index contributed by atoms with van der Waals surface area (Å²) in [5.41, 5.74) is 2.73. The van der Waals surface area contributed by atoms with Gasteiger partial charge >= 0.3 is 0 Å². The monoisotopic (exact) mass is 373 g/mol. The standard InChI is InChI=1S/C21H19N5O2/c1-15-19(21(28)26(24(15)2)18-7-4-3-5-8-18)23-20(27)16-9-11-17(12-10-16)25-14-6-13-22-25/h3-14H,1-2H3,(H,23,27). The third-order valence-electron chi connectivity index (χ3n) is 4.69. The first-order valence-electron chi connectivity index (χ1n) is 8.82. The summed E-state index contributed by atoms with van der Waals surface area (Å²) >= 11 is 0. The van der Waals surface area contributed by atoms with Crippen molar-refractivity contribution in [2.75, 3.05) is 5.32 Å². The predicted molar refractivity (Wildman–Crippen MR) is 107 cm³/mol. The van der Waals surface area contributed by atoms with E-state index in [2.05, 4.69) is 10.4 Å². The Morgan fingerprint density at radius 3 is 2.32 bits per heavy atom. The van der Waals surface area contributed by atoms with Gasteiger partial charge in [-0.25, -0.2) is 9.36 Å². The molecule has 7 nitrogen and oxygen atoms in total. The zero-order valence-corrected chi connectivity index (χ0v) is 15.5. The van der Waals surface area contributed by atoms with Crippen LogP contribution in [0, 0.1) is 6.92 Å². The zero-order valence-electron chi connectivity index (χ0n) is 15.5. The second kappa shape index (κ2) is 7.03. The normalized spacial score (nSPS) is 10.8. The summed E-state index contributed by atoms with van der Waals surface area (Å²) in [7, 11) is 1.79. The average molecular weight is 373 g/mol. The Hall–Kier alpha value is -3.87. The van der Waals surface area contributed by atoms with Crippen molar-refractivity contribution >= 4 is 11.6 Å². The Labute approximate surface area is 161 Å². The molecule has 4 rings (SSSR count). The molecule has 7 heteroatoms. The lowest BCUT2D eigenvalue weighted by molar-refractivity contribution is 0.102. The number of anilines is 1. The van der Waals surface area contributed by atoms with Crippen molar-refractivity contribution in [3.8, 4) is 11.4 Å². The summed E-state index contributed by atoms with van der Waals surface area (Å²) in [4.78, 5) is 25.6. The number of hydrogen-bond donors (Lipinski definition) is 1. The Kier molecular flexibility index (Phi) is 4.41. The van der Waals surface area contributed by atoms with Gasteiger partial charge in [-0.05, 0) is 49.4 Å². The predicted octanol–water partition coefficient (Wildman–Crippen LogP) is 2.92. The van der Waals surface area contributed by atoms with E-state index in [0.717, 1.165) is 11.4 Å². The zero-order chi connectivity index (χ0) is 19.7. The van der Waals surface area contributed by atoms with Crippen LogP contribution in [0.15, 0.2) is 77.9 Å². The van der Waals surface area contributed by atoms with E-state index in [1.54, 1.807) is 41.7 Å². The Balaban J connectivity index is 1.63. The van der Waals surface area contributed by atoms with E-state index < -0.39 is 0 Å². The van der Waals surface area contributed by atoms with Gasteiger partial charge in [0.25, 0.3) is 11.5 Å². The molecule has 0 aliphatic heterocycles. The first-order valence-corrected chi connectivity index (χ1v) is 8.82. The Bertz CT molecular complexity index is 1170. The number of hydrogen-bond acceptors (Lipinski definition) is 3. The molecule has 2 aromatic heterocycles. The van der Waals surface area contributed by atoms with Gasteiger partial charge in [-0.15, -0.1) is 0 Å². The summed E-state index contributed by atoms with van der Waals surface area (Å²) in [6.45, 7) is 1.80. The number of rotatable bonds is 4. The van der Waals surface area contributed by atoms with E-state index in [0.29, 0.717) is 11.3 Å². The maximum Gasteiger partial charge on any atom is 0.295 e. The average Bonchev–Trinajstić information content (AvgIpc) is 3.33. The molecule has 0 unspecified atom stereocenters. The molecule has 140 valence electrons. The van der Waals surface area contributed by atoms with Crippen molar-refractivity contribution in [3.05, 3.63) is 94.7 Å². The van der Waals surface area contributed by atoms with Gasteiger partial charge < -0.3 is 5.32 Å². The van der Waals surface area contributed by atoms with E-state index in [4.69, 9.17) is 0 Å². The van der Waals surface area contributed by atoms with E-state index in [1.807, 2.05) is 54.7 Å². The van der Waals surface area contributed by atoms with Crippen LogP contribution in [0.4, 0.5) is 5.69 Å². The molecule has 2 heterocycles. The van der Waals surface area contributed by atoms with E-state index in [1.165, 1.54) is 4.68 Å². The molecule has 1 N–H and O–H groups in total. The maximum atomic E-state index is 12.9. The Morgan fingerprint density at radius 2 is 1.68 bits per heavy atom. The highest BCUT2D eigenvalue weighted by molar-refractivity contribution is 6.04. The van der Waals surface area contributed by atoms with Crippen LogP contribution >= 0.6 is 0 Å². The third kappa shape index (κ3) is 3.03. The maximum absolute atomic E-state index is 12.9. The van der Waals surface area contributed by atoms with Crippen LogP contribution in [-0.2, 0) is 7.05 Å². The van der Waals surface area contributed by atoms with Crippen LogP contribution in [0.3, 0.4) is 0 Å². The molecule has 0 fully saturated rings. The molecular weight excluding hydrogens is 354 g/mol. The molecule has 2 aromatic carbocycles. The summed E-state index contributed by atoms with van der Waals surface area (Å²) in [5.74, 6) is -0.335. The number of nitrogens with one attached hydrogen (secondary N) is 1. The van der Waals surface area contributed by atoms with Gasteiger partial charge in [-0.2, -0.15) is 5.10 Å². The number of carbonyl (C=O) groups excluding carboxylic acids is 1. The molecule has 28 heavy (non-hydrogen) atoms. The van der Waals surface area contributed by atoms with Gasteiger partial charge in [0.05, 0.1) is 17.1 Å². The number of aromatic nitrogens is 4. The van der Waals surface area contributed by atoms with E-state index in [-0.39, 0.29) is 17.2 Å². The molecule has 0 spiro atoms. The highest BCUT2D eigenvalue weighted by Crippen LogP contribution is 2.16. The molecule has 0 aliphatic rings. The minimum absolute atomic E-state index is 0.271. The molecular formula is C21H19N5O2. The minimum atomic E-state index is -0.335. The van der Waals surface area contributed by atoms with Gasteiger partial charge in [0, 0.05) is 25.0 Å². The fourth-order valence-electron chi connectivity index (χ4n) is 3.09. The topological polar surface area (TPSA) is 73.8 Å². The lowest BCUT2D eigenvalue weighted by atomic mass is 10.2. The van der Waals surface area contributed by atoms with Crippen LogP contribution < -0.4 is 10.9 Å². The lowest BCUT2D eigenvalue weighted by Crippen LogP contribution is -2.22. The van der Waals surface area contributed by atoms with Crippen molar-refractivity contribution in [2.24, 2.45) is 7.05 Å². The molecule has 0 saturated carbocycles. The highest BCUT2D eigenvalue weighted by atomic mass is 16.2. The fourth-order valence-corrected chi connectivity index (χ4v) is 3.09. The molecule has 0 aliphatic carbocycles. The molecule has 1 amide bonds. The fraction of sp³-hybridized carbons (Fsp3) is 0.0952. The first-order chi connectivity index (χ1) is 13.6. The lowest BCUT2D eigenvalue weighted by Gasteiger charge is -2.07. The summed E-state index contributed by atoms with van der Waals surface area (Å²) in [5, 5.41) is 6.93. The molecule has 0 bridgehead atoms. The van der Waals surface area contributed by atoms with Crippen LogP contribution in [0.2, 0.25) is 0 Å². The summed E-state index contributed by atoms with van der Waals surface area (Å²) in [6, 6.07) is 18.2. The number of carbonyl (C=O) groups is 1. The van der Waals surface area contributed by atoms with Gasteiger partial charge in [0.15, 0.2) is 0 Å². The van der Waals surface area contributed by atoms with Crippen LogP contribution in [-0.4, -0.2) is 25.1 Å². The summed E-state index contributed by atoms with van der Waals surface area (Å²) < 4.78 is 4.97. The smallest absolute Gasteiger partial charge is 0.295 e. The minimum Gasteiger partial charge on any atom is -0.316 e. The van der Waals surface area contributed by atoms with Gasteiger partial charge in [0.2, 0.25) is 0 Å². The van der Waals surface area contributed by atoms with Crippen molar-refractivity contribution < 1.29 is 4.79 Å². The molecule has 0 saturated heterocycles. The number of benzene rings is 2. The van der Waals surface area contributed by atoms with Crippen molar-refractivity contribution in [1.82, 2.24) is 19.1 Å². The van der Waals surface area contributed by atoms with Crippen LogP contribution in [0.25, 0.3) is 11.4 Å². The number of amides is 1. The quantitative estimate of drug-likeness (QED) is 0.598. The second-order valence-electron chi connectivity index (χ2n) is 6.39. The van der Waals surface area contributed by atoms with Crippen molar-refractivity contribution in [1.29, 1.82) is 0 Å². The van der Waals surface area contributed by atoms with Crippen molar-refractivity contribution in [3.63, 3.8) is 0 Å². The van der Waals surface area contributed by atoms with Crippen LogP contribution in [0.1, 0.15) is 16.1 Å². The number of para-hydroxylation sites is 1. The SMILES string of the molecule is Cc1c(NC(=O)c2ccc(-n3cccn3)cc2)c(=O)n(-c2ccccc2)n1C. The van der Waals surface area contributed by atoms with Crippen molar-refractivity contribution in [2.45, 2.75) is 6.92 Å². The molecule has 0 atom stereocenters. The largest absolute Gasteiger partial charge is 0.316 e. The number of nitrogens with zero attached hydrogens (tertiary/aromatic N) is 4. The Morgan fingerprint density at radius 1 is 0.964 bits per heavy atom. The van der Waals surface area contributed by atoms with Gasteiger partial charge in [-0.1, -0.05) is 18.2 Å².